The number of halogens is 1. The maximum absolute atomic E-state index is 12.1. The van der Waals surface area contributed by atoms with Gasteiger partial charge >= 0.3 is 0 Å². The number of aromatic nitrogens is 2. The summed E-state index contributed by atoms with van der Waals surface area (Å²) < 4.78 is 1.77. The van der Waals surface area contributed by atoms with Crippen LogP contribution in [0.2, 0.25) is 5.02 Å². The minimum absolute atomic E-state index is 0.0106. The first-order valence-electron chi connectivity index (χ1n) is 6.49. The highest BCUT2D eigenvalue weighted by Gasteiger charge is 2.12. The van der Waals surface area contributed by atoms with Gasteiger partial charge in [0.05, 0.1) is 18.7 Å². The largest absolute Gasteiger partial charge is 0.349 e. The summed E-state index contributed by atoms with van der Waals surface area (Å²) in [5.41, 5.74) is 3.00. The smallest absolute Gasteiger partial charge is 0.225 e. The van der Waals surface area contributed by atoms with E-state index in [0.29, 0.717) is 11.4 Å². The molecule has 0 saturated heterocycles. The summed E-state index contributed by atoms with van der Waals surface area (Å²) in [6, 6.07) is 7.44. The van der Waals surface area contributed by atoms with Crippen molar-refractivity contribution in [3.8, 4) is 0 Å². The molecular weight excluding hydrogens is 274 g/mol. The van der Waals surface area contributed by atoms with Gasteiger partial charge in [0.25, 0.3) is 0 Å². The topological polar surface area (TPSA) is 46.9 Å². The van der Waals surface area contributed by atoms with E-state index in [4.69, 9.17) is 11.6 Å². The molecule has 0 fully saturated rings. The molecule has 4 nitrogen and oxygen atoms in total. The van der Waals surface area contributed by atoms with Crippen molar-refractivity contribution in [1.29, 1.82) is 0 Å². The van der Waals surface area contributed by atoms with E-state index in [9.17, 15) is 4.79 Å². The average Bonchev–Trinajstić information content (AvgIpc) is 2.71. The molecule has 2 rings (SSSR count). The molecule has 0 aliphatic carbocycles. The highest BCUT2D eigenvalue weighted by molar-refractivity contribution is 6.30. The van der Waals surface area contributed by atoms with Gasteiger partial charge in [-0.1, -0.05) is 23.7 Å². The molecule has 2 aromatic rings. The van der Waals surface area contributed by atoms with E-state index in [-0.39, 0.29) is 11.9 Å². The Morgan fingerprint density at radius 1 is 1.40 bits per heavy atom. The molecule has 1 amide bonds. The zero-order chi connectivity index (χ0) is 14.7. The Kier molecular flexibility index (Phi) is 4.45. The first kappa shape index (κ1) is 14.6. The molecule has 20 heavy (non-hydrogen) atoms. The van der Waals surface area contributed by atoms with Gasteiger partial charge in [-0.15, -0.1) is 0 Å². The lowest BCUT2D eigenvalue weighted by Gasteiger charge is -2.14. The molecule has 0 saturated carbocycles. The lowest BCUT2D eigenvalue weighted by Crippen LogP contribution is -2.28. The van der Waals surface area contributed by atoms with Crippen molar-refractivity contribution in [2.24, 2.45) is 7.05 Å². The quantitative estimate of drug-likeness (QED) is 0.941. The second-order valence-corrected chi connectivity index (χ2v) is 5.33. The van der Waals surface area contributed by atoms with E-state index in [0.717, 1.165) is 16.8 Å². The van der Waals surface area contributed by atoms with Crippen LogP contribution in [0.1, 0.15) is 29.8 Å². The monoisotopic (exact) mass is 291 g/mol. The maximum Gasteiger partial charge on any atom is 0.225 e. The van der Waals surface area contributed by atoms with Gasteiger partial charge in [-0.2, -0.15) is 5.10 Å². The van der Waals surface area contributed by atoms with Crippen LogP contribution in [0.5, 0.6) is 0 Å². The SMILES string of the molecule is Cc1c(CC(=O)N[C@H](C)c2ccc(Cl)cc2)cnn1C. The first-order chi connectivity index (χ1) is 9.47. The second-order valence-electron chi connectivity index (χ2n) is 4.90. The van der Waals surface area contributed by atoms with Crippen molar-refractivity contribution in [3.63, 3.8) is 0 Å². The molecule has 0 unspecified atom stereocenters. The Morgan fingerprint density at radius 2 is 2.05 bits per heavy atom. The van der Waals surface area contributed by atoms with E-state index >= 15 is 0 Å². The van der Waals surface area contributed by atoms with Crippen LogP contribution in [0.25, 0.3) is 0 Å². The third kappa shape index (κ3) is 3.39. The average molecular weight is 292 g/mol. The number of rotatable bonds is 4. The van der Waals surface area contributed by atoms with E-state index < -0.39 is 0 Å². The standard InChI is InChI=1S/C15H18ClN3O/c1-10(12-4-6-14(16)7-5-12)18-15(20)8-13-9-17-19(3)11(13)2/h4-7,9-10H,8H2,1-3H3,(H,18,20)/t10-/m1/s1. The number of carbonyl (C=O) groups excluding carboxylic acids is 1. The van der Waals surface area contributed by atoms with Crippen LogP contribution in [0.4, 0.5) is 0 Å². The highest BCUT2D eigenvalue weighted by Crippen LogP contribution is 2.16. The van der Waals surface area contributed by atoms with Gasteiger partial charge in [0, 0.05) is 23.3 Å². The molecule has 106 valence electrons. The Bertz CT molecular complexity index is 604. The second kappa shape index (κ2) is 6.09. The van der Waals surface area contributed by atoms with Gasteiger partial charge < -0.3 is 5.32 Å². The molecule has 1 heterocycles. The molecule has 0 aliphatic rings. The Labute approximate surface area is 123 Å². The fraction of sp³-hybridized carbons (Fsp3) is 0.333. The van der Waals surface area contributed by atoms with E-state index in [1.54, 1.807) is 10.9 Å². The number of amides is 1. The molecular formula is C15H18ClN3O. The van der Waals surface area contributed by atoms with Gasteiger partial charge in [0.15, 0.2) is 0 Å². The van der Waals surface area contributed by atoms with Crippen LogP contribution in [0.15, 0.2) is 30.5 Å². The number of nitrogens with zero attached hydrogens (tertiary/aromatic N) is 2. The van der Waals surface area contributed by atoms with Gasteiger partial charge in [-0.25, -0.2) is 0 Å². The number of carbonyl (C=O) groups is 1. The minimum Gasteiger partial charge on any atom is -0.349 e. The van der Waals surface area contributed by atoms with Crippen LogP contribution in [-0.4, -0.2) is 15.7 Å². The predicted octanol–water partition coefficient (Wildman–Crippen LogP) is 2.80. The Balaban J connectivity index is 1.97. The number of aryl methyl sites for hydroxylation is 1. The summed E-state index contributed by atoms with van der Waals surface area (Å²) in [5.74, 6) is -0.0106. The molecule has 5 heteroatoms. The number of nitrogens with one attached hydrogen (secondary N) is 1. The normalized spacial score (nSPS) is 12.2. The number of hydrogen-bond donors (Lipinski definition) is 1. The first-order valence-corrected chi connectivity index (χ1v) is 6.87. The predicted molar refractivity (Wildman–Crippen MR) is 79.7 cm³/mol. The van der Waals surface area contributed by atoms with Gasteiger partial charge in [0.1, 0.15) is 0 Å². The summed E-state index contributed by atoms with van der Waals surface area (Å²) >= 11 is 5.85. The highest BCUT2D eigenvalue weighted by atomic mass is 35.5. The Hall–Kier alpha value is -1.81. The van der Waals surface area contributed by atoms with Gasteiger partial charge in [-0.3, -0.25) is 9.48 Å². The summed E-state index contributed by atoms with van der Waals surface area (Å²) in [4.78, 5) is 12.1. The van der Waals surface area contributed by atoms with Crippen LogP contribution in [0, 0.1) is 6.92 Å². The molecule has 1 N–H and O–H groups in total. The molecule has 0 aliphatic heterocycles. The summed E-state index contributed by atoms with van der Waals surface area (Å²) in [6.07, 6.45) is 2.08. The number of hydrogen-bond acceptors (Lipinski definition) is 2. The van der Waals surface area contributed by atoms with E-state index in [2.05, 4.69) is 10.4 Å². The molecule has 1 atom stereocenters. The zero-order valence-electron chi connectivity index (χ0n) is 11.9. The lowest BCUT2D eigenvalue weighted by atomic mass is 10.1. The van der Waals surface area contributed by atoms with Crippen LogP contribution < -0.4 is 5.32 Å². The van der Waals surface area contributed by atoms with Crippen molar-refractivity contribution in [2.75, 3.05) is 0 Å². The van der Waals surface area contributed by atoms with Crippen LogP contribution >= 0.6 is 11.6 Å². The van der Waals surface area contributed by atoms with E-state index in [1.807, 2.05) is 45.2 Å². The summed E-state index contributed by atoms with van der Waals surface area (Å²) in [5, 5.41) is 7.81. The fourth-order valence-electron chi connectivity index (χ4n) is 2.02. The third-order valence-electron chi connectivity index (χ3n) is 3.44. The lowest BCUT2D eigenvalue weighted by molar-refractivity contribution is -0.121. The van der Waals surface area contributed by atoms with Crippen LogP contribution in [-0.2, 0) is 18.3 Å². The van der Waals surface area contributed by atoms with Gasteiger partial charge in [0.2, 0.25) is 5.91 Å². The zero-order valence-corrected chi connectivity index (χ0v) is 12.6. The van der Waals surface area contributed by atoms with Crippen LogP contribution in [0.3, 0.4) is 0 Å². The maximum atomic E-state index is 12.1. The molecule has 0 bridgehead atoms. The van der Waals surface area contributed by atoms with Crippen molar-refractivity contribution >= 4 is 17.5 Å². The molecule has 0 spiro atoms. The van der Waals surface area contributed by atoms with Crippen molar-refractivity contribution < 1.29 is 4.79 Å². The van der Waals surface area contributed by atoms with Crippen molar-refractivity contribution in [3.05, 3.63) is 52.3 Å². The van der Waals surface area contributed by atoms with E-state index in [1.165, 1.54) is 0 Å². The third-order valence-corrected chi connectivity index (χ3v) is 3.69. The summed E-state index contributed by atoms with van der Waals surface area (Å²) in [7, 11) is 1.87. The minimum atomic E-state index is -0.0447. The van der Waals surface area contributed by atoms with Crippen molar-refractivity contribution in [2.45, 2.75) is 26.3 Å². The molecule has 1 aromatic carbocycles. The summed E-state index contributed by atoms with van der Waals surface area (Å²) in [6.45, 7) is 3.91. The Morgan fingerprint density at radius 3 is 2.60 bits per heavy atom. The van der Waals surface area contributed by atoms with Gasteiger partial charge in [-0.05, 0) is 31.5 Å². The molecule has 0 radical (unpaired) electrons. The number of benzene rings is 1. The van der Waals surface area contributed by atoms with Crippen molar-refractivity contribution in [1.82, 2.24) is 15.1 Å². The fourth-order valence-corrected chi connectivity index (χ4v) is 2.14. The molecule has 1 aromatic heterocycles.